The van der Waals surface area contributed by atoms with Crippen LogP contribution in [0.25, 0.3) is 5.69 Å². The topological polar surface area (TPSA) is 38.1 Å². The first-order chi connectivity index (χ1) is 10.6. The lowest BCUT2D eigenvalue weighted by molar-refractivity contribution is 0.618. The molecular formula is C16H18FN3OS. The minimum Gasteiger partial charge on any atom is -0.368 e. The van der Waals surface area contributed by atoms with Crippen molar-refractivity contribution in [3.05, 3.63) is 52.0 Å². The summed E-state index contributed by atoms with van der Waals surface area (Å²) >= 11 is 1.89. The van der Waals surface area contributed by atoms with Crippen molar-refractivity contribution in [2.24, 2.45) is 0 Å². The average Bonchev–Trinajstić information content (AvgIpc) is 2.47. The molecule has 0 unspecified atom stereocenters. The van der Waals surface area contributed by atoms with Crippen LogP contribution in [0.3, 0.4) is 0 Å². The van der Waals surface area contributed by atoms with Gasteiger partial charge in [0.15, 0.2) is 0 Å². The first-order valence-corrected chi connectivity index (χ1v) is 8.41. The summed E-state index contributed by atoms with van der Waals surface area (Å²) in [5, 5.41) is 0. The molecule has 1 fully saturated rings. The predicted molar refractivity (Wildman–Crippen MR) is 88.8 cm³/mol. The molecule has 1 saturated heterocycles. The molecule has 2 aromatic rings. The second-order valence-corrected chi connectivity index (χ2v) is 6.58. The van der Waals surface area contributed by atoms with Crippen molar-refractivity contribution >= 4 is 17.4 Å². The predicted octanol–water partition coefficient (Wildman–Crippen LogP) is 2.54. The molecule has 3 rings (SSSR count). The van der Waals surface area contributed by atoms with Crippen molar-refractivity contribution in [1.82, 2.24) is 9.55 Å². The lowest BCUT2D eigenvalue weighted by Crippen LogP contribution is -2.33. The molecule has 22 heavy (non-hydrogen) atoms. The third-order valence-corrected chi connectivity index (χ3v) is 4.70. The minimum atomic E-state index is -0.295. The molecule has 2 heterocycles. The first-order valence-electron chi connectivity index (χ1n) is 7.26. The van der Waals surface area contributed by atoms with Crippen LogP contribution in [0.5, 0.6) is 0 Å². The summed E-state index contributed by atoms with van der Waals surface area (Å²) in [6, 6.07) is 6.42. The zero-order chi connectivity index (χ0) is 15.7. The quantitative estimate of drug-likeness (QED) is 0.853. The van der Waals surface area contributed by atoms with Gasteiger partial charge in [0.05, 0.1) is 11.4 Å². The summed E-state index contributed by atoms with van der Waals surface area (Å²) in [5.41, 5.74) is 1.60. The Hall–Kier alpha value is -1.82. The van der Waals surface area contributed by atoms with Crippen molar-refractivity contribution in [3.63, 3.8) is 0 Å². The number of nitrogens with zero attached hydrogens (tertiary/aromatic N) is 3. The number of aryl methyl sites for hydroxylation is 2. The van der Waals surface area contributed by atoms with Crippen LogP contribution in [-0.2, 0) is 0 Å². The van der Waals surface area contributed by atoms with E-state index < -0.39 is 0 Å². The van der Waals surface area contributed by atoms with Crippen LogP contribution in [0.4, 0.5) is 10.1 Å². The molecule has 0 amide bonds. The number of hydrogen-bond donors (Lipinski definition) is 0. The van der Waals surface area contributed by atoms with E-state index >= 15 is 0 Å². The standard InChI is InChI=1S/C16H18FN3OS/c1-11-9-16(21)20(12(2)18-11)13-3-4-15(14(17)10-13)19-5-7-22-8-6-19/h3-4,9-10H,5-8H2,1-2H3. The molecule has 1 aromatic heterocycles. The monoisotopic (exact) mass is 319 g/mol. The highest BCUT2D eigenvalue weighted by molar-refractivity contribution is 7.99. The van der Waals surface area contributed by atoms with Crippen LogP contribution in [-0.4, -0.2) is 34.1 Å². The third kappa shape index (κ3) is 2.88. The van der Waals surface area contributed by atoms with Crippen LogP contribution in [0, 0.1) is 19.7 Å². The van der Waals surface area contributed by atoms with Crippen LogP contribution in [0.2, 0.25) is 0 Å². The van der Waals surface area contributed by atoms with Crippen LogP contribution in [0.1, 0.15) is 11.5 Å². The Morgan fingerprint density at radius 2 is 1.91 bits per heavy atom. The van der Waals surface area contributed by atoms with E-state index in [4.69, 9.17) is 0 Å². The zero-order valence-electron chi connectivity index (χ0n) is 12.7. The molecule has 6 heteroatoms. The maximum Gasteiger partial charge on any atom is 0.258 e. The Balaban J connectivity index is 2.00. The van der Waals surface area contributed by atoms with Crippen LogP contribution >= 0.6 is 11.8 Å². The summed E-state index contributed by atoms with van der Waals surface area (Å²) in [5.74, 6) is 2.30. The normalized spacial score (nSPS) is 15.1. The minimum absolute atomic E-state index is 0.188. The largest absolute Gasteiger partial charge is 0.368 e. The molecule has 116 valence electrons. The summed E-state index contributed by atoms with van der Waals surface area (Å²) in [4.78, 5) is 18.5. The molecule has 0 atom stereocenters. The van der Waals surface area contributed by atoms with Gasteiger partial charge in [0.25, 0.3) is 5.56 Å². The van der Waals surface area contributed by atoms with Gasteiger partial charge < -0.3 is 4.90 Å². The van der Waals surface area contributed by atoms with Crippen molar-refractivity contribution in [2.75, 3.05) is 29.5 Å². The van der Waals surface area contributed by atoms with Crippen LogP contribution in [0.15, 0.2) is 29.1 Å². The maximum atomic E-state index is 14.5. The smallest absolute Gasteiger partial charge is 0.258 e. The molecule has 1 aliphatic rings. The fraction of sp³-hybridized carbons (Fsp3) is 0.375. The second-order valence-electron chi connectivity index (χ2n) is 5.35. The van der Waals surface area contributed by atoms with Crippen LogP contribution < -0.4 is 10.5 Å². The van der Waals surface area contributed by atoms with Gasteiger partial charge in [0.2, 0.25) is 0 Å². The van der Waals surface area contributed by atoms with E-state index in [-0.39, 0.29) is 11.4 Å². The van der Waals surface area contributed by atoms with Crippen molar-refractivity contribution in [1.29, 1.82) is 0 Å². The molecule has 0 bridgehead atoms. The van der Waals surface area contributed by atoms with Crippen molar-refractivity contribution in [3.8, 4) is 5.69 Å². The second kappa shape index (κ2) is 6.12. The number of benzene rings is 1. The molecule has 0 aliphatic carbocycles. The third-order valence-electron chi connectivity index (χ3n) is 3.76. The highest BCUT2D eigenvalue weighted by Crippen LogP contribution is 2.24. The lowest BCUT2D eigenvalue weighted by Gasteiger charge is -2.29. The van der Waals surface area contributed by atoms with Crippen molar-refractivity contribution < 1.29 is 4.39 Å². The number of hydrogen-bond acceptors (Lipinski definition) is 4. The Kier molecular flexibility index (Phi) is 4.20. The number of anilines is 1. The molecule has 1 aromatic carbocycles. The molecule has 0 saturated carbocycles. The number of thioether (sulfide) groups is 1. The van der Waals surface area contributed by atoms with Gasteiger partial charge in [-0.1, -0.05) is 0 Å². The van der Waals surface area contributed by atoms with E-state index in [9.17, 15) is 9.18 Å². The molecule has 0 radical (unpaired) electrons. The Morgan fingerprint density at radius 3 is 2.55 bits per heavy atom. The van der Waals surface area contributed by atoms with Gasteiger partial charge in [-0.3, -0.25) is 9.36 Å². The summed E-state index contributed by atoms with van der Waals surface area (Å²) in [7, 11) is 0. The lowest BCUT2D eigenvalue weighted by atomic mass is 10.2. The molecule has 0 N–H and O–H groups in total. The number of halogens is 1. The SMILES string of the molecule is Cc1cc(=O)n(-c2ccc(N3CCSCC3)c(F)c2)c(C)n1. The van der Waals surface area contributed by atoms with Crippen molar-refractivity contribution in [2.45, 2.75) is 13.8 Å². The Morgan fingerprint density at radius 1 is 1.18 bits per heavy atom. The summed E-state index contributed by atoms with van der Waals surface area (Å²) in [6.07, 6.45) is 0. The molecule has 4 nitrogen and oxygen atoms in total. The van der Waals surface area contributed by atoms with Gasteiger partial charge >= 0.3 is 0 Å². The van der Waals surface area contributed by atoms with Gasteiger partial charge in [-0.05, 0) is 26.0 Å². The van der Waals surface area contributed by atoms with E-state index in [1.807, 2.05) is 11.8 Å². The van der Waals surface area contributed by atoms with E-state index in [0.29, 0.717) is 22.9 Å². The van der Waals surface area contributed by atoms with E-state index in [0.717, 1.165) is 24.6 Å². The van der Waals surface area contributed by atoms with Gasteiger partial charge in [-0.15, -0.1) is 0 Å². The highest BCUT2D eigenvalue weighted by Gasteiger charge is 2.16. The number of aromatic nitrogens is 2. The number of rotatable bonds is 2. The molecule has 0 spiro atoms. The van der Waals surface area contributed by atoms with E-state index in [2.05, 4.69) is 9.88 Å². The summed E-state index contributed by atoms with van der Waals surface area (Å²) in [6.45, 7) is 5.23. The van der Waals surface area contributed by atoms with Gasteiger partial charge in [0, 0.05) is 42.4 Å². The average molecular weight is 319 g/mol. The van der Waals surface area contributed by atoms with Gasteiger partial charge in [0.1, 0.15) is 11.6 Å². The summed E-state index contributed by atoms with van der Waals surface area (Å²) < 4.78 is 15.9. The molecule has 1 aliphatic heterocycles. The maximum absolute atomic E-state index is 14.5. The highest BCUT2D eigenvalue weighted by atomic mass is 32.2. The van der Waals surface area contributed by atoms with Gasteiger partial charge in [-0.25, -0.2) is 9.37 Å². The fourth-order valence-electron chi connectivity index (χ4n) is 2.75. The fourth-order valence-corrected chi connectivity index (χ4v) is 3.65. The molecular weight excluding hydrogens is 301 g/mol. The first kappa shape index (κ1) is 15.1. The van der Waals surface area contributed by atoms with E-state index in [1.54, 1.807) is 26.0 Å². The van der Waals surface area contributed by atoms with Gasteiger partial charge in [-0.2, -0.15) is 11.8 Å². The van der Waals surface area contributed by atoms with E-state index in [1.165, 1.54) is 16.7 Å². The zero-order valence-corrected chi connectivity index (χ0v) is 13.5. The Bertz CT molecular complexity index is 754. The Labute approximate surface area is 133 Å².